The number of hydrazone groups is 1. The van der Waals surface area contributed by atoms with Crippen LogP contribution in [0.25, 0.3) is 11.3 Å². The predicted octanol–water partition coefficient (Wildman–Crippen LogP) is 5.71. The summed E-state index contributed by atoms with van der Waals surface area (Å²) in [6.07, 6.45) is 0.770. The number of nitro groups is 1. The van der Waals surface area contributed by atoms with Crippen LogP contribution < -0.4 is 5.43 Å². The van der Waals surface area contributed by atoms with Crippen LogP contribution >= 0.6 is 27.3 Å². The Morgan fingerprint density at radius 2 is 2.12 bits per heavy atom. The number of hydrogen-bond acceptors (Lipinski definition) is 6. The molecule has 8 heteroatoms. The number of non-ortho nitro benzene ring substituents is 1. The smallest absolute Gasteiger partial charge is 0.258 e. The minimum absolute atomic E-state index is 0.0472. The molecule has 1 aromatic heterocycles. The Kier molecular flexibility index (Phi) is 5.75. The summed E-state index contributed by atoms with van der Waals surface area (Å²) >= 11 is 4.87. The molecule has 0 atom stereocenters. The zero-order chi connectivity index (χ0) is 18.5. The molecule has 26 heavy (non-hydrogen) atoms. The molecule has 0 aliphatic heterocycles. The Bertz CT molecular complexity index is 971. The maximum atomic E-state index is 10.9. The first-order valence-electron chi connectivity index (χ1n) is 7.85. The van der Waals surface area contributed by atoms with Gasteiger partial charge in [-0.1, -0.05) is 47.1 Å². The number of halogens is 1. The zero-order valence-corrected chi connectivity index (χ0v) is 16.3. The standard InChI is InChI=1S/C18H15BrN4O2S/c1-2-16(12-5-3-7-14(19)9-12)21-22-18-20-17(11-26-18)13-6-4-8-15(10-13)23(24)25/h3-11H,2H2,1H3,(H,20,22)/b21-16+. The van der Waals surface area contributed by atoms with E-state index in [-0.39, 0.29) is 5.69 Å². The van der Waals surface area contributed by atoms with Crippen molar-refractivity contribution in [1.29, 1.82) is 0 Å². The van der Waals surface area contributed by atoms with E-state index >= 15 is 0 Å². The molecule has 0 radical (unpaired) electrons. The molecule has 2 aromatic carbocycles. The van der Waals surface area contributed by atoms with Gasteiger partial charge in [0.25, 0.3) is 5.69 Å². The van der Waals surface area contributed by atoms with E-state index in [0.717, 1.165) is 22.2 Å². The molecule has 1 heterocycles. The van der Waals surface area contributed by atoms with Gasteiger partial charge in [-0.05, 0) is 24.1 Å². The molecule has 6 nitrogen and oxygen atoms in total. The molecule has 0 saturated carbocycles. The van der Waals surface area contributed by atoms with E-state index in [1.807, 2.05) is 36.6 Å². The monoisotopic (exact) mass is 430 g/mol. The van der Waals surface area contributed by atoms with Gasteiger partial charge in [-0.3, -0.25) is 15.5 Å². The lowest BCUT2D eigenvalue weighted by atomic mass is 10.1. The van der Waals surface area contributed by atoms with Crippen molar-refractivity contribution in [1.82, 2.24) is 4.98 Å². The number of benzene rings is 2. The molecule has 0 fully saturated rings. The molecule has 132 valence electrons. The molecular formula is C18H15BrN4O2S. The molecule has 0 aliphatic carbocycles. The number of anilines is 1. The van der Waals surface area contributed by atoms with E-state index < -0.39 is 4.92 Å². The largest absolute Gasteiger partial charge is 0.270 e. The van der Waals surface area contributed by atoms with Gasteiger partial charge in [0.1, 0.15) is 0 Å². The van der Waals surface area contributed by atoms with Gasteiger partial charge in [0, 0.05) is 27.5 Å². The average molecular weight is 431 g/mol. The molecule has 0 saturated heterocycles. The lowest BCUT2D eigenvalue weighted by Gasteiger charge is -2.04. The number of nitrogens with one attached hydrogen (secondary N) is 1. The molecule has 0 unspecified atom stereocenters. The molecule has 0 spiro atoms. The van der Waals surface area contributed by atoms with Crippen molar-refractivity contribution in [3.8, 4) is 11.3 Å². The van der Waals surface area contributed by atoms with Crippen LogP contribution in [0.1, 0.15) is 18.9 Å². The normalized spacial score (nSPS) is 11.4. The van der Waals surface area contributed by atoms with Crippen molar-refractivity contribution in [2.75, 3.05) is 5.43 Å². The van der Waals surface area contributed by atoms with Gasteiger partial charge < -0.3 is 0 Å². The third kappa shape index (κ3) is 4.33. The van der Waals surface area contributed by atoms with Crippen molar-refractivity contribution in [3.05, 3.63) is 74.1 Å². The van der Waals surface area contributed by atoms with E-state index in [2.05, 4.69) is 31.4 Å². The number of hydrogen-bond donors (Lipinski definition) is 1. The fourth-order valence-electron chi connectivity index (χ4n) is 2.37. The van der Waals surface area contributed by atoms with Crippen LogP contribution in [0.2, 0.25) is 0 Å². The summed E-state index contributed by atoms with van der Waals surface area (Å²) in [4.78, 5) is 15.0. The Morgan fingerprint density at radius 3 is 2.85 bits per heavy atom. The lowest BCUT2D eigenvalue weighted by Crippen LogP contribution is -2.03. The Labute approximate surface area is 162 Å². The van der Waals surface area contributed by atoms with E-state index in [9.17, 15) is 10.1 Å². The quantitative estimate of drug-likeness (QED) is 0.308. The molecule has 3 rings (SSSR count). The molecule has 0 aliphatic rings. The second kappa shape index (κ2) is 8.20. The van der Waals surface area contributed by atoms with Crippen LogP contribution in [-0.4, -0.2) is 15.6 Å². The van der Waals surface area contributed by atoms with Gasteiger partial charge in [0.05, 0.1) is 16.3 Å². The first-order chi connectivity index (χ1) is 12.6. The second-order valence-corrected chi connectivity index (χ2v) is 7.15. The number of nitrogens with zero attached hydrogens (tertiary/aromatic N) is 3. The van der Waals surface area contributed by atoms with Crippen LogP contribution in [0.15, 0.2) is 63.5 Å². The van der Waals surface area contributed by atoms with E-state index in [0.29, 0.717) is 16.4 Å². The highest BCUT2D eigenvalue weighted by molar-refractivity contribution is 9.10. The fraction of sp³-hybridized carbons (Fsp3) is 0.111. The summed E-state index contributed by atoms with van der Waals surface area (Å²) in [5, 5.41) is 17.9. The maximum Gasteiger partial charge on any atom is 0.270 e. The summed E-state index contributed by atoms with van der Waals surface area (Å²) in [5.41, 5.74) is 6.36. The van der Waals surface area contributed by atoms with Crippen LogP contribution in [0, 0.1) is 10.1 Å². The van der Waals surface area contributed by atoms with Crippen LogP contribution in [0.3, 0.4) is 0 Å². The van der Waals surface area contributed by atoms with Gasteiger partial charge in [0.15, 0.2) is 0 Å². The fourth-order valence-corrected chi connectivity index (χ4v) is 3.43. The SMILES string of the molecule is CC/C(=N\Nc1nc(-c2cccc([N+](=O)[O-])c2)cs1)c1cccc(Br)c1. The maximum absolute atomic E-state index is 10.9. The van der Waals surface area contributed by atoms with Crippen molar-refractivity contribution in [2.24, 2.45) is 5.10 Å². The highest BCUT2D eigenvalue weighted by Crippen LogP contribution is 2.27. The van der Waals surface area contributed by atoms with Crippen LogP contribution in [0.4, 0.5) is 10.8 Å². The minimum atomic E-state index is -0.412. The number of rotatable bonds is 6. The van der Waals surface area contributed by atoms with E-state index in [1.54, 1.807) is 12.1 Å². The van der Waals surface area contributed by atoms with Crippen LogP contribution in [-0.2, 0) is 0 Å². The van der Waals surface area contributed by atoms with Gasteiger partial charge >= 0.3 is 0 Å². The minimum Gasteiger partial charge on any atom is -0.258 e. The van der Waals surface area contributed by atoms with Gasteiger partial charge in [-0.15, -0.1) is 11.3 Å². The highest BCUT2D eigenvalue weighted by Gasteiger charge is 2.10. The Morgan fingerprint density at radius 1 is 1.31 bits per heavy atom. The first kappa shape index (κ1) is 18.2. The van der Waals surface area contributed by atoms with Gasteiger partial charge in [0.2, 0.25) is 5.13 Å². The Balaban J connectivity index is 1.80. The third-order valence-electron chi connectivity index (χ3n) is 3.64. The summed E-state index contributed by atoms with van der Waals surface area (Å²) in [6, 6.07) is 14.4. The van der Waals surface area contributed by atoms with Gasteiger partial charge in [-0.2, -0.15) is 5.10 Å². The lowest BCUT2D eigenvalue weighted by molar-refractivity contribution is -0.384. The van der Waals surface area contributed by atoms with Crippen molar-refractivity contribution >= 4 is 43.8 Å². The summed E-state index contributed by atoms with van der Waals surface area (Å²) in [6.45, 7) is 2.04. The zero-order valence-electron chi connectivity index (χ0n) is 13.8. The third-order valence-corrected chi connectivity index (χ3v) is 4.88. The molecule has 0 amide bonds. The molecule has 3 aromatic rings. The summed E-state index contributed by atoms with van der Waals surface area (Å²) in [5.74, 6) is 0. The predicted molar refractivity (Wildman–Crippen MR) is 109 cm³/mol. The second-order valence-electron chi connectivity index (χ2n) is 5.38. The summed E-state index contributed by atoms with van der Waals surface area (Å²) in [7, 11) is 0. The average Bonchev–Trinajstić information content (AvgIpc) is 3.11. The number of thiazole rings is 1. The topological polar surface area (TPSA) is 80.4 Å². The summed E-state index contributed by atoms with van der Waals surface area (Å²) < 4.78 is 0.998. The van der Waals surface area contributed by atoms with Crippen molar-refractivity contribution in [3.63, 3.8) is 0 Å². The Hall–Kier alpha value is -2.58. The van der Waals surface area contributed by atoms with Gasteiger partial charge in [-0.25, -0.2) is 4.98 Å². The van der Waals surface area contributed by atoms with Crippen molar-refractivity contribution in [2.45, 2.75) is 13.3 Å². The first-order valence-corrected chi connectivity index (χ1v) is 9.53. The molecular weight excluding hydrogens is 416 g/mol. The van der Waals surface area contributed by atoms with Crippen molar-refractivity contribution < 1.29 is 4.92 Å². The number of nitro benzene ring substituents is 1. The molecule has 1 N–H and O–H groups in total. The number of aromatic nitrogens is 1. The van der Waals surface area contributed by atoms with Crippen LogP contribution in [0.5, 0.6) is 0 Å². The molecule has 0 bridgehead atoms. The van der Waals surface area contributed by atoms with E-state index in [1.165, 1.54) is 23.5 Å². The van der Waals surface area contributed by atoms with E-state index in [4.69, 9.17) is 0 Å². The highest BCUT2D eigenvalue weighted by atomic mass is 79.9.